The number of fused-ring (bicyclic) bond motifs is 1. The molecule has 0 unspecified atom stereocenters. The lowest BCUT2D eigenvalue weighted by Crippen LogP contribution is -2.29. The van der Waals surface area contributed by atoms with Crippen molar-refractivity contribution in [1.82, 2.24) is 0 Å². The molecule has 0 saturated carbocycles. The summed E-state index contributed by atoms with van der Waals surface area (Å²) in [7, 11) is 0. The minimum absolute atomic E-state index is 0.167. The number of imide groups is 1. The van der Waals surface area contributed by atoms with E-state index in [2.05, 4.69) is 5.32 Å². The second-order valence-electron chi connectivity index (χ2n) is 7.02. The number of hydrogen-bond acceptors (Lipinski definition) is 5. The number of nitrogens with one attached hydrogen (secondary N) is 1. The molecule has 7 heteroatoms. The summed E-state index contributed by atoms with van der Waals surface area (Å²) >= 11 is 0. The number of rotatable bonds is 7. The van der Waals surface area contributed by atoms with E-state index in [-0.39, 0.29) is 16.8 Å². The van der Waals surface area contributed by atoms with E-state index in [9.17, 15) is 14.4 Å². The summed E-state index contributed by atoms with van der Waals surface area (Å²) in [4.78, 5) is 40.2. The number of hydrogen-bond donors (Lipinski definition) is 1. The van der Waals surface area contributed by atoms with Crippen LogP contribution in [0.3, 0.4) is 0 Å². The number of nitrogens with zero attached hydrogens (tertiary/aromatic N) is 1. The number of ether oxygens (including phenoxy) is 2. The van der Waals surface area contributed by atoms with Gasteiger partial charge in [-0.1, -0.05) is 24.3 Å². The van der Waals surface area contributed by atoms with Crippen molar-refractivity contribution < 1.29 is 23.9 Å². The molecule has 0 radical (unpaired) electrons. The third-order valence-corrected chi connectivity index (χ3v) is 4.94. The Balaban J connectivity index is 1.66. The van der Waals surface area contributed by atoms with E-state index in [1.165, 1.54) is 0 Å². The standard InChI is InChI=1S/C25H22N2O5/c1-3-31-18-13-16(14-19(15-18)32-4-2)23(28)26-21-12-8-11-20-22(21)25(30)27(24(20)29)17-9-6-5-7-10-17/h5-15H,3-4H2,1-2H3,(H,26,28). The van der Waals surface area contributed by atoms with Crippen LogP contribution in [-0.2, 0) is 0 Å². The minimum atomic E-state index is -0.481. The van der Waals surface area contributed by atoms with Gasteiger partial charge in [0.15, 0.2) is 0 Å². The maximum absolute atomic E-state index is 13.1. The van der Waals surface area contributed by atoms with Crippen LogP contribution in [0.4, 0.5) is 11.4 Å². The van der Waals surface area contributed by atoms with E-state index >= 15 is 0 Å². The Morgan fingerprint density at radius 2 is 1.50 bits per heavy atom. The van der Waals surface area contributed by atoms with Gasteiger partial charge in [0.05, 0.1) is 35.7 Å². The molecule has 1 N–H and O–H groups in total. The minimum Gasteiger partial charge on any atom is -0.494 e. The van der Waals surface area contributed by atoms with Gasteiger partial charge in [0, 0.05) is 11.6 Å². The van der Waals surface area contributed by atoms with E-state index in [0.29, 0.717) is 36.0 Å². The van der Waals surface area contributed by atoms with Crippen LogP contribution in [0.2, 0.25) is 0 Å². The van der Waals surface area contributed by atoms with Crippen molar-refractivity contribution in [2.75, 3.05) is 23.4 Å². The molecule has 32 heavy (non-hydrogen) atoms. The van der Waals surface area contributed by atoms with Gasteiger partial charge in [-0.05, 0) is 50.2 Å². The Morgan fingerprint density at radius 3 is 2.12 bits per heavy atom. The second-order valence-corrected chi connectivity index (χ2v) is 7.02. The Hall–Kier alpha value is -4.13. The average molecular weight is 430 g/mol. The molecule has 0 atom stereocenters. The molecule has 3 amide bonds. The molecule has 4 rings (SSSR count). The fourth-order valence-corrected chi connectivity index (χ4v) is 3.60. The molecule has 0 spiro atoms. The zero-order chi connectivity index (χ0) is 22.7. The first kappa shape index (κ1) is 21.1. The molecule has 0 bridgehead atoms. The van der Waals surface area contributed by atoms with Crippen LogP contribution in [0, 0.1) is 0 Å². The topological polar surface area (TPSA) is 84.9 Å². The van der Waals surface area contributed by atoms with Crippen LogP contribution >= 0.6 is 0 Å². The van der Waals surface area contributed by atoms with E-state index in [4.69, 9.17) is 9.47 Å². The lowest BCUT2D eigenvalue weighted by molar-refractivity contribution is 0.0926. The molecule has 0 aromatic heterocycles. The van der Waals surface area contributed by atoms with Crippen LogP contribution in [0.1, 0.15) is 44.9 Å². The van der Waals surface area contributed by atoms with Crippen molar-refractivity contribution in [3.05, 3.63) is 83.4 Å². The van der Waals surface area contributed by atoms with E-state index in [1.54, 1.807) is 66.7 Å². The predicted molar refractivity (Wildman–Crippen MR) is 121 cm³/mol. The second kappa shape index (κ2) is 8.93. The van der Waals surface area contributed by atoms with Gasteiger partial charge in [-0.3, -0.25) is 14.4 Å². The van der Waals surface area contributed by atoms with Crippen molar-refractivity contribution in [1.29, 1.82) is 0 Å². The Kier molecular flexibility index (Phi) is 5.89. The van der Waals surface area contributed by atoms with Crippen LogP contribution < -0.4 is 19.7 Å². The van der Waals surface area contributed by atoms with Gasteiger partial charge < -0.3 is 14.8 Å². The summed E-state index contributed by atoms with van der Waals surface area (Å²) in [6.07, 6.45) is 0. The van der Waals surface area contributed by atoms with Gasteiger partial charge in [-0.15, -0.1) is 0 Å². The monoisotopic (exact) mass is 430 g/mol. The van der Waals surface area contributed by atoms with Crippen LogP contribution in [-0.4, -0.2) is 30.9 Å². The van der Waals surface area contributed by atoms with E-state index in [1.807, 2.05) is 13.8 Å². The number of benzene rings is 3. The summed E-state index contributed by atoms with van der Waals surface area (Å²) in [5.74, 6) is -0.347. The SMILES string of the molecule is CCOc1cc(OCC)cc(C(=O)Nc2cccc3c2C(=O)N(c2ccccc2)C3=O)c1. The van der Waals surface area contributed by atoms with Gasteiger partial charge in [-0.2, -0.15) is 0 Å². The van der Waals surface area contributed by atoms with Crippen molar-refractivity contribution in [2.45, 2.75) is 13.8 Å². The van der Waals surface area contributed by atoms with E-state index in [0.717, 1.165) is 4.90 Å². The first-order valence-corrected chi connectivity index (χ1v) is 10.3. The van der Waals surface area contributed by atoms with Crippen molar-refractivity contribution in [2.24, 2.45) is 0 Å². The Morgan fingerprint density at radius 1 is 0.844 bits per heavy atom. The Labute approximate surface area is 185 Å². The predicted octanol–water partition coefficient (Wildman–Crippen LogP) is 4.54. The van der Waals surface area contributed by atoms with Crippen molar-refractivity contribution in [3.8, 4) is 11.5 Å². The van der Waals surface area contributed by atoms with Crippen LogP contribution in [0.5, 0.6) is 11.5 Å². The molecule has 0 saturated heterocycles. The summed E-state index contributed by atoms with van der Waals surface area (Å²) in [6.45, 7) is 4.58. The highest BCUT2D eigenvalue weighted by Crippen LogP contribution is 2.33. The third kappa shape index (κ3) is 3.92. The number of carbonyl (C=O) groups is 3. The molecule has 1 aliphatic heterocycles. The first-order valence-electron chi connectivity index (χ1n) is 10.3. The third-order valence-electron chi connectivity index (χ3n) is 4.94. The number of carbonyl (C=O) groups excluding carboxylic acids is 3. The van der Waals surface area contributed by atoms with Gasteiger partial charge in [0.1, 0.15) is 11.5 Å². The van der Waals surface area contributed by atoms with Crippen LogP contribution in [0.15, 0.2) is 66.7 Å². The van der Waals surface area contributed by atoms with Gasteiger partial charge in [0.25, 0.3) is 17.7 Å². The number of amides is 3. The number of para-hydroxylation sites is 1. The molecule has 162 valence electrons. The fourth-order valence-electron chi connectivity index (χ4n) is 3.60. The normalized spacial score (nSPS) is 12.5. The lowest BCUT2D eigenvalue weighted by atomic mass is 10.1. The smallest absolute Gasteiger partial charge is 0.268 e. The average Bonchev–Trinajstić information content (AvgIpc) is 3.05. The lowest BCUT2D eigenvalue weighted by Gasteiger charge is -2.14. The highest BCUT2D eigenvalue weighted by molar-refractivity contribution is 6.36. The number of anilines is 2. The summed E-state index contributed by atoms with van der Waals surface area (Å²) in [5, 5.41) is 2.77. The zero-order valence-corrected chi connectivity index (χ0v) is 17.8. The molecule has 7 nitrogen and oxygen atoms in total. The van der Waals surface area contributed by atoms with Crippen molar-refractivity contribution >= 4 is 29.1 Å². The molecule has 1 heterocycles. The molecule has 0 fully saturated rings. The van der Waals surface area contributed by atoms with Crippen molar-refractivity contribution in [3.63, 3.8) is 0 Å². The summed E-state index contributed by atoms with van der Waals surface area (Å²) in [5.41, 5.74) is 1.47. The highest BCUT2D eigenvalue weighted by atomic mass is 16.5. The molecular weight excluding hydrogens is 408 g/mol. The first-order chi connectivity index (χ1) is 15.5. The molecule has 3 aromatic carbocycles. The Bertz CT molecular complexity index is 1170. The van der Waals surface area contributed by atoms with Gasteiger partial charge >= 0.3 is 0 Å². The van der Waals surface area contributed by atoms with Gasteiger partial charge in [-0.25, -0.2) is 4.90 Å². The molecule has 3 aromatic rings. The highest BCUT2D eigenvalue weighted by Gasteiger charge is 2.38. The van der Waals surface area contributed by atoms with E-state index < -0.39 is 17.7 Å². The zero-order valence-electron chi connectivity index (χ0n) is 17.8. The maximum Gasteiger partial charge on any atom is 0.268 e. The summed E-state index contributed by atoms with van der Waals surface area (Å²) in [6, 6.07) is 18.4. The van der Waals surface area contributed by atoms with Gasteiger partial charge in [0.2, 0.25) is 0 Å². The summed E-state index contributed by atoms with van der Waals surface area (Å²) < 4.78 is 11.1. The van der Waals surface area contributed by atoms with Crippen LogP contribution in [0.25, 0.3) is 0 Å². The maximum atomic E-state index is 13.1. The molecular formula is C25H22N2O5. The fraction of sp³-hybridized carbons (Fsp3) is 0.160. The quantitative estimate of drug-likeness (QED) is 0.557. The largest absolute Gasteiger partial charge is 0.494 e. The molecule has 0 aliphatic carbocycles. The molecule has 1 aliphatic rings.